The van der Waals surface area contributed by atoms with Gasteiger partial charge in [0.25, 0.3) is 0 Å². The number of hydrogen-bond acceptors (Lipinski definition) is 6. The smallest absolute Gasteiger partial charge is 0.349 e. The monoisotopic (exact) mass is 505 g/mol. The number of hydrogen-bond donors (Lipinski definition) is 2. The second-order valence-electron chi connectivity index (χ2n) is 7.56. The zero-order chi connectivity index (χ0) is 25.3. The van der Waals surface area contributed by atoms with Crippen LogP contribution in [0, 0.1) is 24.4 Å². The molecule has 0 atom stereocenters. The molecule has 0 spiro atoms. The lowest BCUT2D eigenvalue weighted by atomic mass is 10.2. The van der Waals surface area contributed by atoms with Gasteiger partial charge in [-0.15, -0.1) is 11.3 Å². The summed E-state index contributed by atoms with van der Waals surface area (Å²) in [4.78, 5) is 15.8. The van der Waals surface area contributed by atoms with Gasteiger partial charge in [-0.05, 0) is 26.0 Å². The number of aromatic nitrogens is 2. The van der Waals surface area contributed by atoms with E-state index in [-0.39, 0.29) is 53.0 Å². The molecule has 0 amide bonds. The SMILES string of the molecule is CCOc1cc(-c2nccc(NCCn3c(C)cc4c(OC)cc(F)c(F)c43)c2F)sc1C(=O)O. The van der Waals surface area contributed by atoms with Crippen molar-refractivity contribution >= 4 is 33.9 Å². The number of thiophene rings is 1. The van der Waals surface area contributed by atoms with Crippen LogP contribution in [0.3, 0.4) is 0 Å². The number of rotatable bonds is 9. The van der Waals surface area contributed by atoms with Gasteiger partial charge in [0, 0.05) is 42.5 Å². The molecule has 3 aromatic heterocycles. The number of nitrogens with zero attached hydrogens (tertiary/aromatic N) is 2. The molecule has 0 saturated carbocycles. The molecule has 0 unspecified atom stereocenters. The molecular weight excluding hydrogens is 483 g/mol. The third-order valence-corrected chi connectivity index (χ3v) is 6.54. The lowest BCUT2D eigenvalue weighted by molar-refractivity contribution is 0.0698. The lowest BCUT2D eigenvalue weighted by Gasteiger charge is -2.13. The minimum atomic E-state index is -1.17. The molecule has 11 heteroatoms. The molecule has 2 N–H and O–H groups in total. The van der Waals surface area contributed by atoms with Crippen molar-refractivity contribution in [2.24, 2.45) is 0 Å². The number of aryl methyl sites for hydroxylation is 1. The van der Waals surface area contributed by atoms with Crippen molar-refractivity contribution in [3.8, 4) is 22.1 Å². The maximum absolute atomic E-state index is 15.3. The molecule has 0 radical (unpaired) electrons. The van der Waals surface area contributed by atoms with Gasteiger partial charge in [0.05, 0.1) is 29.8 Å². The van der Waals surface area contributed by atoms with Gasteiger partial charge in [-0.25, -0.2) is 18.0 Å². The Morgan fingerprint density at radius 3 is 2.66 bits per heavy atom. The summed E-state index contributed by atoms with van der Waals surface area (Å²) in [6.07, 6.45) is 1.40. The number of benzene rings is 1. The number of methoxy groups -OCH3 is 1. The van der Waals surface area contributed by atoms with E-state index in [0.29, 0.717) is 16.0 Å². The minimum absolute atomic E-state index is 0.0195. The summed E-state index contributed by atoms with van der Waals surface area (Å²) in [6, 6.07) is 5.60. The summed E-state index contributed by atoms with van der Waals surface area (Å²) in [5, 5.41) is 12.8. The number of ether oxygens (including phenoxy) is 2. The predicted octanol–water partition coefficient (Wildman–Crippen LogP) is 5.71. The first-order chi connectivity index (χ1) is 16.8. The highest BCUT2D eigenvalue weighted by molar-refractivity contribution is 7.17. The summed E-state index contributed by atoms with van der Waals surface area (Å²) in [5.74, 6) is -3.46. The van der Waals surface area contributed by atoms with Crippen molar-refractivity contribution in [3.63, 3.8) is 0 Å². The van der Waals surface area contributed by atoms with Crippen molar-refractivity contribution in [1.29, 1.82) is 0 Å². The molecule has 0 aliphatic heterocycles. The molecule has 4 aromatic rings. The fourth-order valence-electron chi connectivity index (χ4n) is 3.89. The van der Waals surface area contributed by atoms with E-state index in [1.807, 2.05) is 0 Å². The molecule has 3 heterocycles. The van der Waals surface area contributed by atoms with Crippen molar-refractivity contribution in [1.82, 2.24) is 9.55 Å². The van der Waals surface area contributed by atoms with Gasteiger partial charge in [0.15, 0.2) is 22.3 Å². The second kappa shape index (κ2) is 9.87. The summed E-state index contributed by atoms with van der Waals surface area (Å²) >= 11 is 0.867. The van der Waals surface area contributed by atoms with Crippen LogP contribution in [0.5, 0.6) is 11.5 Å². The Bertz CT molecular complexity index is 1420. The van der Waals surface area contributed by atoms with Crippen LogP contribution >= 0.6 is 11.3 Å². The maximum atomic E-state index is 15.3. The van der Waals surface area contributed by atoms with Crippen LogP contribution in [-0.4, -0.2) is 40.9 Å². The van der Waals surface area contributed by atoms with Crippen LogP contribution in [-0.2, 0) is 6.54 Å². The average Bonchev–Trinajstić information content (AvgIpc) is 3.39. The number of carboxylic acid groups (broad SMARTS) is 1. The fraction of sp³-hybridized carbons (Fsp3) is 0.250. The molecular formula is C24H22F3N3O4S. The third-order valence-electron chi connectivity index (χ3n) is 5.43. The third kappa shape index (κ3) is 4.51. The topological polar surface area (TPSA) is 85.6 Å². The minimum Gasteiger partial charge on any atom is -0.496 e. The molecule has 184 valence electrons. The number of carboxylic acids is 1. The second-order valence-corrected chi connectivity index (χ2v) is 8.62. The highest BCUT2D eigenvalue weighted by atomic mass is 32.1. The number of nitrogens with one attached hydrogen (secondary N) is 1. The number of carbonyl (C=O) groups is 1. The first kappa shape index (κ1) is 24.4. The van der Waals surface area contributed by atoms with E-state index < -0.39 is 23.4 Å². The van der Waals surface area contributed by atoms with E-state index in [1.165, 1.54) is 25.4 Å². The molecule has 0 aliphatic carbocycles. The molecule has 0 aliphatic rings. The number of fused-ring (bicyclic) bond motifs is 1. The first-order valence-corrected chi connectivity index (χ1v) is 11.5. The van der Waals surface area contributed by atoms with E-state index in [0.717, 1.165) is 17.4 Å². The molecule has 0 fully saturated rings. The van der Waals surface area contributed by atoms with Crippen molar-refractivity contribution < 1.29 is 32.5 Å². The van der Waals surface area contributed by atoms with Crippen LogP contribution in [0.25, 0.3) is 21.5 Å². The standard InChI is InChI=1S/C24H22F3N3O4S/c1-4-34-17-11-18(35-23(17)24(31)32)21-20(27)15(5-6-29-21)28-7-8-30-12(2)9-13-16(33-3)10-14(25)19(26)22(13)30/h5-6,9-11H,4,7-8H2,1-3H3,(H,28,29)(H,31,32). The van der Waals surface area contributed by atoms with Crippen molar-refractivity contribution in [2.75, 3.05) is 25.6 Å². The normalized spacial score (nSPS) is 11.1. The molecule has 1 aromatic carbocycles. The molecule has 35 heavy (non-hydrogen) atoms. The lowest BCUT2D eigenvalue weighted by Crippen LogP contribution is -2.13. The van der Waals surface area contributed by atoms with E-state index in [1.54, 1.807) is 24.5 Å². The summed E-state index contributed by atoms with van der Waals surface area (Å²) in [7, 11) is 1.38. The molecule has 4 rings (SSSR count). The Morgan fingerprint density at radius 2 is 1.97 bits per heavy atom. The van der Waals surface area contributed by atoms with Gasteiger partial charge in [0.1, 0.15) is 17.2 Å². The van der Waals surface area contributed by atoms with E-state index in [4.69, 9.17) is 9.47 Å². The van der Waals surface area contributed by atoms with Crippen LogP contribution in [0.2, 0.25) is 0 Å². The first-order valence-electron chi connectivity index (χ1n) is 10.7. The van der Waals surface area contributed by atoms with E-state index >= 15 is 4.39 Å². The summed E-state index contributed by atoms with van der Waals surface area (Å²) in [5.41, 5.74) is 0.870. The number of pyridine rings is 1. The Kier molecular flexibility index (Phi) is 6.88. The van der Waals surface area contributed by atoms with Crippen LogP contribution in [0.4, 0.5) is 18.9 Å². The average molecular weight is 506 g/mol. The van der Waals surface area contributed by atoms with E-state index in [9.17, 15) is 18.7 Å². The Morgan fingerprint density at radius 1 is 1.20 bits per heavy atom. The highest BCUT2D eigenvalue weighted by Gasteiger charge is 2.22. The van der Waals surface area contributed by atoms with Gasteiger partial charge >= 0.3 is 5.97 Å². The Balaban J connectivity index is 1.59. The highest BCUT2D eigenvalue weighted by Crippen LogP contribution is 2.38. The predicted molar refractivity (Wildman–Crippen MR) is 127 cm³/mol. The van der Waals surface area contributed by atoms with Crippen molar-refractivity contribution in [2.45, 2.75) is 20.4 Å². The quantitative estimate of drug-likeness (QED) is 0.303. The fourth-order valence-corrected chi connectivity index (χ4v) is 4.82. The van der Waals surface area contributed by atoms with Gasteiger partial charge in [0.2, 0.25) is 0 Å². The number of halogens is 3. The maximum Gasteiger partial charge on any atom is 0.349 e. The molecule has 0 saturated heterocycles. The summed E-state index contributed by atoms with van der Waals surface area (Å²) in [6.45, 7) is 4.15. The Labute approximate surface area is 202 Å². The Hall–Kier alpha value is -3.73. The van der Waals surface area contributed by atoms with Gasteiger partial charge < -0.3 is 24.5 Å². The molecule has 7 nitrogen and oxygen atoms in total. The molecule has 0 bridgehead atoms. The summed E-state index contributed by atoms with van der Waals surface area (Å²) < 4.78 is 56.1. The van der Waals surface area contributed by atoms with Gasteiger partial charge in [-0.1, -0.05) is 0 Å². The number of anilines is 1. The number of aromatic carboxylic acids is 1. The van der Waals surface area contributed by atoms with Crippen molar-refractivity contribution in [3.05, 3.63) is 58.5 Å². The zero-order valence-corrected chi connectivity index (χ0v) is 19.9. The largest absolute Gasteiger partial charge is 0.496 e. The van der Waals surface area contributed by atoms with Gasteiger partial charge in [-0.3, -0.25) is 4.98 Å². The van der Waals surface area contributed by atoms with Crippen LogP contribution in [0.15, 0.2) is 30.5 Å². The van der Waals surface area contributed by atoms with E-state index in [2.05, 4.69) is 10.3 Å². The van der Waals surface area contributed by atoms with Crippen LogP contribution < -0.4 is 14.8 Å². The van der Waals surface area contributed by atoms with Crippen LogP contribution in [0.1, 0.15) is 22.3 Å². The van der Waals surface area contributed by atoms with Gasteiger partial charge in [-0.2, -0.15) is 0 Å². The zero-order valence-electron chi connectivity index (χ0n) is 19.1.